The van der Waals surface area contributed by atoms with Gasteiger partial charge in [-0.3, -0.25) is 0 Å². The Bertz CT molecular complexity index is 158. The van der Waals surface area contributed by atoms with E-state index in [2.05, 4.69) is 0 Å². The van der Waals surface area contributed by atoms with E-state index in [4.69, 9.17) is 14.9 Å². The van der Waals surface area contributed by atoms with E-state index in [9.17, 15) is 10.2 Å². The molecule has 4 atom stereocenters. The monoisotopic (exact) mass is 178 g/mol. The van der Waals surface area contributed by atoms with Crippen LogP contribution in [0.25, 0.3) is 0 Å². The second kappa shape index (κ2) is 3.27. The molecule has 0 bridgehead atoms. The van der Waals surface area contributed by atoms with Gasteiger partial charge < -0.3 is 25.2 Å². The number of aliphatic hydroxyl groups excluding tert-OH is 3. The van der Waals surface area contributed by atoms with Gasteiger partial charge in [0.15, 0.2) is 6.29 Å². The molecule has 5 nitrogen and oxygen atoms in total. The first-order valence-electron chi connectivity index (χ1n) is 3.82. The van der Waals surface area contributed by atoms with E-state index >= 15 is 0 Å². The Balaban J connectivity index is 2.68. The van der Waals surface area contributed by atoms with Crippen LogP contribution in [0.1, 0.15) is 13.3 Å². The smallest absolute Gasteiger partial charge is 0.157 e. The van der Waals surface area contributed by atoms with Crippen molar-refractivity contribution in [3.8, 4) is 0 Å². The third-order valence-corrected chi connectivity index (χ3v) is 2.09. The molecule has 0 saturated carbocycles. The molecule has 1 fully saturated rings. The van der Waals surface area contributed by atoms with Crippen LogP contribution in [-0.2, 0) is 4.74 Å². The summed E-state index contributed by atoms with van der Waals surface area (Å²) in [7, 11) is 0. The largest absolute Gasteiger partial charge is 0.394 e. The van der Waals surface area contributed by atoms with Gasteiger partial charge in [0, 0.05) is 6.42 Å². The predicted octanol–water partition coefficient (Wildman–Crippen LogP) is -1.80. The SMILES string of the molecule is C[C@@]1(O)C[C@H](O)O[C@H](CO)[C@H]1O. The van der Waals surface area contributed by atoms with Gasteiger partial charge in [0.2, 0.25) is 0 Å². The summed E-state index contributed by atoms with van der Waals surface area (Å²) in [6.45, 7) is 0.973. The van der Waals surface area contributed by atoms with Gasteiger partial charge in [-0.25, -0.2) is 0 Å². The first-order chi connectivity index (χ1) is 5.47. The number of hydrogen-bond donors (Lipinski definition) is 4. The van der Waals surface area contributed by atoms with Crippen molar-refractivity contribution in [2.24, 2.45) is 0 Å². The van der Waals surface area contributed by atoms with E-state index in [1.165, 1.54) is 6.92 Å². The molecule has 0 aliphatic carbocycles. The Labute approximate surface area is 70.2 Å². The summed E-state index contributed by atoms with van der Waals surface area (Å²) < 4.78 is 4.78. The average molecular weight is 178 g/mol. The van der Waals surface area contributed by atoms with E-state index in [1.54, 1.807) is 0 Å². The molecular weight excluding hydrogens is 164 g/mol. The molecule has 1 heterocycles. The molecule has 0 radical (unpaired) electrons. The fourth-order valence-electron chi connectivity index (χ4n) is 1.34. The zero-order chi connectivity index (χ0) is 9.35. The number of rotatable bonds is 1. The Morgan fingerprint density at radius 1 is 1.50 bits per heavy atom. The van der Waals surface area contributed by atoms with Crippen molar-refractivity contribution in [3.63, 3.8) is 0 Å². The number of aliphatic hydroxyl groups is 4. The van der Waals surface area contributed by atoms with E-state index in [0.29, 0.717) is 0 Å². The number of hydrogen-bond acceptors (Lipinski definition) is 5. The van der Waals surface area contributed by atoms with Gasteiger partial charge in [0.25, 0.3) is 0 Å². The van der Waals surface area contributed by atoms with Crippen LogP contribution in [0.2, 0.25) is 0 Å². The highest BCUT2D eigenvalue weighted by Crippen LogP contribution is 2.27. The second-order valence-corrected chi connectivity index (χ2v) is 3.32. The lowest BCUT2D eigenvalue weighted by Crippen LogP contribution is -2.56. The highest BCUT2D eigenvalue weighted by Gasteiger charge is 2.44. The average Bonchev–Trinajstić information content (AvgIpc) is 1.96. The van der Waals surface area contributed by atoms with Crippen LogP contribution in [0.3, 0.4) is 0 Å². The zero-order valence-corrected chi connectivity index (χ0v) is 6.84. The first-order valence-corrected chi connectivity index (χ1v) is 3.82. The summed E-state index contributed by atoms with van der Waals surface area (Å²) in [5.41, 5.74) is -1.40. The molecule has 5 heteroatoms. The molecule has 0 aromatic heterocycles. The van der Waals surface area contributed by atoms with Crippen LogP contribution in [0.15, 0.2) is 0 Å². The maximum absolute atomic E-state index is 9.51. The van der Waals surface area contributed by atoms with Gasteiger partial charge in [-0.1, -0.05) is 0 Å². The molecular formula is C7H14O5. The van der Waals surface area contributed by atoms with Gasteiger partial charge in [0.1, 0.15) is 12.2 Å². The molecule has 1 aliphatic rings. The van der Waals surface area contributed by atoms with E-state index < -0.39 is 30.7 Å². The quantitative estimate of drug-likeness (QED) is 0.380. The summed E-state index contributed by atoms with van der Waals surface area (Å²) >= 11 is 0. The predicted molar refractivity (Wildman–Crippen MR) is 39.2 cm³/mol. The zero-order valence-electron chi connectivity index (χ0n) is 6.84. The molecule has 0 aromatic carbocycles. The molecule has 1 saturated heterocycles. The minimum Gasteiger partial charge on any atom is -0.394 e. The van der Waals surface area contributed by atoms with Crippen LogP contribution in [0.4, 0.5) is 0 Å². The maximum atomic E-state index is 9.51. The van der Waals surface area contributed by atoms with E-state index in [-0.39, 0.29) is 6.42 Å². The summed E-state index contributed by atoms with van der Waals surface area (Å²) in [6.07, 6.45) is -3.25. The highest BCUT2D eigenvalue weighted by atomic mass is 16.6. The van der Waals surface area contributed by atoms with Crippen molar-refractivity contribution in [3.05, 3.63) is 0 Å². The van der Waals surface area contributed by atoms with Crippen molar-refractivity contribution >= 4 is 0 Å². The Morgan fingerprint density at radius 3 is 2.58 bits per heavy atom. The Kier molecular flexibility index (Phi) is 2.70. The Hall–Kier alpha value is -0.200. The van der Waals surface area contributed by atoms with Crippen molar-refractivity contribution in [1.82, 2.24) is 0 Å². The van der Waals surface area contributed by atoms with Gasteiger partial charge >= 0.3 is 0 Å². The maximum Gasteiger partial charge on any atom is 0.157 e. The third-order valence-electron chi connectivity index (χ3n) is 2.09. The fourth-order valence-corrected chi connectivity index (χ4v) is 1.34. The van der Waals surface area contributed by atoms with Crippen LogP contribution in [-0.4, -0.2) is 51.1 Å². The number of ether oxygens (including phenoxy) is 1. The van der Waals surface area contributed by atoms with Crippen LogP contribution in [0.5, 0.6) is 0 Å². The molecule has 1 rings (SSSR count). The lowest BCUT2D eigenvalue weighted by Gasteiger charge is -2.40. The fraction of sp³-hybridized carbons (Fsp3) is 1.00. The molecule has 72 valence electrons. The lowest BCUT2D eigenvalue weighted by molar-refractivity contribution is -0.267. The van der Waals surface area contributed by atoms with E-state index in [0.717, 1.165) is 0 Å². The molecule has 12 heavy (non-hydrogen) atoms. The van der Waals surface area contributed by atoms with E-state index in [1.807, 2.05) is 0 Å². The lowest BCUT2D eigenvalue weighted by atomic mass is 9.89. The van der Waals surface area contributed by atoms with Crippen LogP contribution in [0, 0.1) is 0 Å². The van der Waals surface area contributed by atoms with Crippen molar-refractivity contribution in [2.75, 3.05) is 6.61 Å². The standard InChI is InChI=1S/C7H14O5/c1-7(11)2-5(9)12-4(3-8)6(7)10/h4-6,8-11H,2-3H2,1H3/t4-,5-,6-,7-/m1/s1. The minimum atomic E-state index is -1.40. The topological polar surface area (TPSA) is 90.2 Å². The van der Waals surface area contributed by atoms with Gasteiger partial charge in [-0.2, -0.15) is 0 Å². The molecule has 4 N–H and O–H groups in total. The molecule has 0 amide bonds. The highest BCUT2D eigenvalue weighted by molar-refractivity contribution is 4.91. The third kappa shape index (κ3) is 1.75. The van der Waals surface area contributed by atoms with Gasteiger partial charge in [0.05, 0.1) is 12.2 Å². The first kappa shape index (κ1) is 9.88. The van der Waals surface area contributed by atoms with Gasteiger partial charge in [-0.05, 0) is 6.92 Å². The molecule has 1 aliphatic heterocycles. The minimum absolute atomic E-state index is 0.0509. The van der Waals surface area contributed by atoms with Crippen molar-refractivity contribution in [1.29, 1.82) is 0 Å². The normalized spacial score (nSPS) is 49.2. The van der Waals surface area contributed by atoms with Crippen molar-refractivity contribution in [2.45, 2.75) is 37.4 Å². The molecule has 0 spiro atoms. The Morgan fingerprint density at radius 2 is 2.08 bits per heavy atom. The summed E-state index contributed by atoms with van der Waals surface area (Å²) in [5.74, 6) is 0. The van der Waals surface area contributed by atoms with Crippen LogP contribution < -0.4 is 0 Å². The van der Waals surface area contributed by atoms with Crippen molar-refractivity contribution < 1.29 is 25.2 Å². The summed E-state index contributed by atoms with van der Waals surface area (Å²) in [4.78, 5) is 0. The second-order valence-electron chi connectivity index (χ2n) is 3.32. The summed E-state index contributed by atoms with van der Waals surface area (Å²) in [5, 5.41) is 36.6. The van der Waals surface area contributed by atoms with Crippen LogP contribution >= 0.6 is 0 Å². The summed E-state index contributed by atoms with van der Waals surface area (Å²) in [6, 6.07) is 0. The molecule has 0 aromatic rings. The van der Waals surface area contributed by atoms with Gasteiger partial charge in [-0.15, -0.1) is 0 Å². The molecule has 0 unspecified atom stereocenters.